The van der Waals surface area contributed by atoms with Crippen molar-refractivity contribution in [1.82, 2.24) is 0 Å². The molecule has 0 bridgehead atoms. The second-order valence-corrected chi connectivity index (χ2v) is 21.7. The number of esters is 2. The number of allylic oxidation sites excluding steroid dienone is 2. The average molecular weight is 980 g/mol. The number of aliphatic carboxylic acids is 1. The number of hydrogen-bond donors (Lipinski definition) is 1. The topological polar surface area (TPSA) is 108 Å². The Kier molecular flexibility index (Phi) is 50.9. The molecule has 408 valence electrons. The molecule has 0 aliphatic rings. The van der Waals surface area contributed by atoms with Gasteiger partial charge in [0.25, 0.3) is 6.29 Å². The Balaban J connectivity index is 4.13. The molecule has 0 aliphatic carbocycles. The lowest BCUT2D eigenvalue weighted by atomic mass is 10.0. The molecule has 0 spiro atoms. The van der Waals surface area contributed by atoms with E-state index in [1.54, 1.807) is 0 Å². The second-order valence-electron chi connectivity index (χ2n) is 21.7. The minimum Gasteiger partial charge on any atom is -0.477 e. The largest absolute Gasteiger partial charge is 0.477 e. The van der Waals surface area contributed by atoms with E-state index < -0.39 is 24.3 Å². The van der Waals surface area contributed by atoms with E-state index in [0.717, 1.165) is 51.4 Å². The first kappa shape index (κ1) is 67.0. The van der Waals surface area contributed by atoms with Crippen LogP contribution in [0.2, 0.25) is 0 Å². The molecular formula is C60H116NO8+. The number of carboxylic acids is 1. The third kappa shape index (κ3) is 53.7. The Labute approximate surface area is 427 Å². The highest BCUT2D eigenvalue weighted by molar-refractivity contribution is 5.71. The van der Waals surface area contributed by atoms with E-state index in [0.29, 0.717) is 17.4 Å². The summed E-state index contributed by atoms with van der Waals surface area (Å²) in [4.78, 5) is 37.4. The van der Waals surface area contributed by atoms with Gasteiger partial charge in [-0.15, -0.1) is 0 Å². The van der Waals surface area contributed by atoms with Crippen LogP contribution in [0, 0.1) is 0 Å². The lowest BCUT2D eigenvalue weighted by Crippen LogP contribution is -2.40. The molecule has 2 atom stereocenters. The Morgan fingerprint density at radius 3 is 1.07 bits per heavy atom. The summed E-state index contributed by atoms with van der Waals surface area (Å²) in [7, 11) is 5.98. The molecule has 0 aromatic heterocycles. The summed E-state index contributed by atoms with van der Waals surface area (Å²) < 4.78 is 22.9. The number of ether oxygens (including phenoxy) is 4. The Morgan fingerprint density at radius 1 is 0.420 bits per heavy atom. The van der Waals surface area contributed by atoms with Crippen LogP contribution in [-0.2, 0) is 33.3 Å². The number of hydrogen-bond acceptors (Lipinski definition) is 7. The summed E-state index contributed by atoms with van der Waals surface area (Å²) in [6.07, 6.45) is 57.3. The molecule has 0 aliphatic heterocycles. The van der Waals surface area contributed by atoms with Gasteiger partial charge in [-0.1, -0.05) is 257 Å². The standard InChI is InChI=1S/C60H115NO8/c1-6-8-10-12-14-16-18-20-22-24-25-26-27-28-29-30-31-32-33-35-36-38-40-42-44-46-48-50-57(62)67-54-56(55-68-60(59(64)65)66-53-52-61(3,4)5)69-58(63)51-49-47-45-43-41-39-37-34-23-21-19-17-15-13-11-9-7-2/h21,23,56,60H,6-20,22,24-55H2,1-5H3/p+1/b23-21-. The van der Waals surface area contributed by atoms with Gasteiger partial charge in [0, 0.05) is 12.8 Å². The molecule has 0 rings (SSSR count). The molecule has 0 radical (unpaired) electrons. The van der Waals surface area contributed by atoms with E-state index in [2.05, 4.69) is 26.0 Å². The normalized spacial score (nSPS) is 12.8. The van der Waals surface area contributed by atoms with Gasteiger partial charge in [0.05, 0.1) is 34.4 Å². The molecule has 2 unspecified atom stereocenters. The van der Waals surface area contributed by atoms with Crippen molar-refractivity contribution in [2.24, 2.45) is 0 Å². The zero-order valence-corrected chi connectivity index (χ0v) is 46.5. The highest BCUT2D eigenvalue weighted by Crippen LogP contribution is 2.18. The molecule has 9 heteroatoms. The predicted octanol–water partition coefficient (Wildman–Crippen LogP) is 17.4. The molecule has 9 nitrogen and oxygen atoms in total. The molecule has 0 heterocycles. The predicted molar refractivity (Wildman–Crippen MR) is 291 cm³/mol. The number of likely N-dealkylation sites (N-methyl/N-ethyl adjacent to an activating group) is 1. The zero-order valence-electron chi connectivity index (χ0n) is 46.5. The van der Waals surface area contributed by atoms with E-state index in [1.165, 1.54) is 218 Å². The van der Waals surface area contributed by atoms with E-state index in [1.807, 2.05) is 21.1 Å². The van der Waals surface area contributed by atoms with Crippen molar-refractivity contribution in [3.63, 3.8) is 0 Å². The summed E-state index contributed by atoms with van der Waals surface area (Å²) in [6, 6.07) is 0. The van der Waals surface area contributed by atoms with Gasteiger partial charge in [-0.3, -0.25) is 9.59 Å². The first-order chi connectivity index (χ1) is 33.6. The van der Waals surface area contributed by atoms with Crippen LogP contribution in [0.1, 0.15) is 296 Å². The Morgan fingerprint density at radius 2 is 0.739 bits per heavy atom. The molecule has 0 amide bonds. The van der Waals surface area contributed by atoms with Crippen LogP contribution < -0.4 is 0 Å². The molecule has 0 fully saturated rings. The van der Waals surface area contributed by atoms with Crippen LogP contribution in [0.4, 0.5) is 0 Å². The monoisotopic (exact) mass is 979 g/mol. The summed E-state index contributed by atoms with van der Waals surface area (Å²) in [6.45, 7) is 4.92. The van der Waals surface area contributed by atoms with Gasteiger partial charge >= 0.3 is 17.9 Å². The van der Waals surface area contributed by atoms with Gasteiger partial charge in [0.1, 0.15) is 13.2 Å². The number of unbranched alkanes of at least 4 members (excludes halogenated alkanes) is 39. The zero-order chi connectivity index (χ0) is 50.6. The van der Waals surface area contributed by atoms with E-state index in [4.69, 9.17) is 18.9 Å². The van der Waals surface area contributed by atoms with E-state index in [9.17, 15) is 19.5 Å². The van der Waals surface area contributed by atoms with E-state index >= 15 is 0 Å². The quantitative estimate of drug-likeness (QED) is 0.0211. The fourth-order valence-electron chi connectivity index (χ4n) is 8.89. The lowest BCUT2D eigenvalue weighted by Gasteiger charge is -2.25. The fraction of sp³-hybridized carbons (Fsp3) is 0.917. The maximum atomic E-state index is 12.8. The van der Waals surface area contributed by atoms with Crippen LogP contribution in [0.25, 0.3) is 0 Å². The van der Waals surface area contributed by atoms with Gasteiger partial charge in [-0.25, -0.2) is 4.79 Å². The van der Waals surface area contributed by atoms with Crippen molar-refractivity contribution in [3.8, 4) is 0 Å². The summed E-state index contributed by atoms with van der Waals surface area (Å²) in [5.41, 5.74) is 0. The third-order valence-electron chi connectivity index (χ3n) is 13.5. The fourth-order valence-corrected chi connectivity index (χ4v) is 8.89. The molecule has 0 aromatic carbocycles. The second kappa shape index (κ2) is 52.4. The van der Waals surface area contributed by atoms with Crippen LogP contribution in [0.15, 0.2) is 12.2 Å². The number of nitrogens with zero attached hydrogens (tertiary/aromatic N) is 1. The number of quaternary nitrogens is 1. The SMILES string of the molecule is CCCCCCCC/C=C\CCCCCCCCCC(=O)OC(COC(=O)CCCCCCCCCCCCCCCCCCCCCCCCCCCCC)COC(OCC[N+](C)(C)C)C(=O)O. The van der Waals surface area contributed by atoms with Crippen molar-refractivity contribution in [3.05, 3.63) is 12.2 Å². The Bertz CT molecular complexity index is 1140. The first-order valence-electron chi connectivity index (χ1n) is 29.9. The minimum absolute atomic E-state index is 0.177. The van der Waals surface area contributed by atoms with Crippen molar-refractivity contribution < 1.29 is 42.9 Å². The third-order valence-corrected chi connectivity index (χ3v) is 13.5. The molecule has 69 heavy (non-hydrogen) atoms. The van der Waals surface area contributed by atoms with Gasteiger partial charge in [0.15, 0.2) is 6.10 Å². The highest BCUT2D eigenvalue weighted by atomic mass is 16.7. The van der Waals surface area contributed by atoms with Crippen molar-refractivity contribution in [1.29, 1.82) is 0 Å². The maximum Gasteiger partial charge on any atom is 0.361 e. The van der Waals surface area contributed by atoms with Gasteiger partial charge < -0.3 is 28.5 Å². The van der Waals surface area contributed by atoms with Crippen molar-refractivity contribution in [2.45, 2.75) is 309 Å². The smallest absolute Gasteiger partial charge is 0.361 e. The van der Waals surface area contributed by atoms with Crippen LogP contribution >= 0.6 is 0 Å². The first-order valence-corrected chi connectivity index (χ1v) is 29.9. The minimum atomic E-state index is -1.51. The van der Waals surface area contributed by atoms with Crippen LogP contribution in [-0.4, -0.2) is 87.4 Å². The molecule has 0 saturated heterocycles. The lowest BCUT2D eigenvalue weighted by molar-refractivity contribution is -0.870. The molecular weight excluding hydrogens is 863 g/mol. The summed E-state index contributed by atoms with van der Waals surface area (Å²) in [5, 5.41) is 9.70. The van der Waals surface area contributed by atoms with E-state index in [-0.39, 0.29) is 32.2 Å². The van der Waals surface area contributed by atoms with Gasteiger partial charge in [-0.05, 0) is 38.5 Å². The summed E-state index contributed by atoms with van der Waals surface area (Å²) >= 11 is 0. The number of carbonyl (C=O) groups is 3. The van der Waals surface area contributed by atoms with Crippen molar-refractivity contribution in [2.75, 3.05) is 47.5 Å². The molecule has 0 aromatic rings. The highest BCUT2D eigenvalue weighted by Gasteiger charge is 2.25. The number of rotatable bonds is 56. The molecule has 0 saturated carbocycles. The summed E-state index contributed by atoms with van der Waals surface area (Å²) in [5.74, 6) is -1.99. The van der Waals surface area contributed by atoms with Crippen LogP contribution in [0.3, 0.4) is 0 Å². The maximum absolute atomic E-state index is 12.8. The number of carboxylic acid groups (broad SMARTS) is 1. The van der Waals surface area contributed by atoms with Crippen molar-refractivity contribution >= 4 is 17.9 Å². The Hall–Kier alpha value is -1.97. The van der Waals surface area contributed by atoms with Gasteiger partial charge in [0.2, 0.25) is 0 Å². The van der Waals surface area contributed by atoms with Gasteiger partial charge in [-0.2, -0.15) is 0 Å². The average Bonchev–Trinajstić information content (AvgIpc) is 3.31. The molecule has 1 N–H and O–H groups in total. The number of carbonyl (C=O) groups excluding carboxylic acids is 2. The van der Waals surface area contributed by atoms with Crippen LogP contribution in [0.5, 0.6) is 0 Å².